The number of aliphatic hydroxyl groups excluding tert-OH is 2. The van der Waals surface area contributed by atoms with Gasteiger partial charge in [0, 0.05) is 30.4 Å². The average molecular weight is 452 g/mol. The molecule has 0 saturated carbocycles. The van der Waals surface area contributed by atoms with Gasteiger partial charge in [-0.1, -0.05) is 0 Å². The van der Waals surface area contributed by atoms with E-state index in [4.69, 9.17) is 14.5 Å². The summed E-state index contributed by atoms with van der Waals surface area (Å²) in [6.07, 6.45) is 2.95. The fourth-order valence-corrected chi connectivity index (χ4v) is 5.66. The van der Waals surface area contributed by atoms with E-state index in [1.165, 1.54) is 0 Å². The third kappa shape index (κ3) is 3.42. The Bertz CT molecular complexity index is 1210. The highest BCUT2D eigenvalue weighted by atomic mass is 16.5. The van der Waals surface area contributed by atoms with Gasteiger partial charge in [-0.05, 0) is 43.5 Å². The summed E-state index contributed by atoms with van der Waals surface area (Å²) in [6.45, 7) is 6.23. The Hall–Kier alpha value is -2.59. The number of anilines is 1. The number of morpholine rings is 1. The SMILES string of the molecule is Cc1nc(N2CC3(CO)CC2CO3)cc(-n2ncc3cc(C)c(C4CCOCC4O)cc32)n1. The monoisotopic (exact) mass is 451 g/mol. The third-order valence-electron chi connectivity index (χ3n) is 7.38. The number of nitrogens with zero attached hydrogens (tertiary/aromatic N) is 5. The lowest BCUT2D eigenvalue weighted by Gasteiger charge is -2.32. The van der Waals surface area contributed by atoms with Gasteiger partial charge in [-0.2, -0.15) is 5.10 Å². The summed E-state index contributed by atoms with van der Waals surface area (Å²) in [5.41, 5.74) is 2.75. The van der Waals surface area contributed by atoms with Crippen LogP contribution in [0, 0.1) is 13.8 Å². The molecule has 3 aliphatic heterocycles. The van der Waals surface area contributed by atoms with Crippen LogP contribution in [-0.4, -0.2) is 80.7 Å². The summed E-state index contributed by atoms with van der Waals surface area (Å²) in [5, 5.41) is 26.1. The Kier molecular flexibility index (Phi) is 4.91. The van der Waals surface area contributed by atoms with Crippen molar-refractivity contribution >= 4 is 16.7 Å². The summed E-state index contributed by atoms with van der Waals surface area (Å²) in [6, 6.07) is 6.44. The summed E-state index contributed by atoms with van der Waals surface area (Å²) in [4.78, 5) is 11.6. The van der Waals surface area contributed by atoms with Crippen molar-refractivity contribution in [1.29, 1.82) is 0 Å². The first-order valence-corrected chi connectivity index (χ1v) is 11.6. The molecule has 2 aromatic heterocycles. The second kappa shape index (κ2) is 7.73. The molecule has 9 heteroatoms. The van der Waals surface area contributed by atoms with Crippen molar-refractivity contribution in [3.63, 3.8) is 0 Å². The number of benzene rings is 1. The van der Waals surface area contributed by atoms with Crippen LogP contribution in [0.3, 0.4) is 0 Å². The minimum Gasteiger partial charge on any atom is -0.393 e. The molecular weight excluding hydrogens is 422 g/mol. The van der Waals surface area contributed by atoms with Crippen LogP contribution in [-0.2, 0) is 9.47 Å². The van der Waals surface area contributed by atoms with Crippen LogP contribution in [0.1, 0.15) is 35.7 Å². The van der Waals surface area contributed by atoms with Crippen molar-refractivity contribution in [3.05, 3.63) is 41.3 Å². The van der Waals surface area contributed by atoms with Gasteiger partial charge in [0.2, 0.25) is 0 Å². The Morgan fingerprint density at radius 1 is 1.15 bits per heavy atom. The minimum absolute atomic E-state index is 0.0148. The zero-order chi connectivity index (χ0) is 22.7. The van der Waals surface area contributed by atoms with E-state index in [-0.39, 0.29) is 18.6 Å². The third-order valence-corrected chi connectivity index (χ3v) is 7.38. The molecule has 2 N–H and O–H groups in total. The molecule has 6 rings (SSSR count). The van der Waals surface area contributed by atoms with Gasteiger partial charge in [0.25, 0.3) is 0 Å². The Morgan fingerprint density at radius 3 is 2.79 bits per heavy atom. The lowest BCUT2D eigenvalue weighted by Crippen LogP contribution is -2.45. The van der Waals surface area contributed by atoms with E-state index in [2.05, 4.69) is 34.0 Å². The summed E-state index contributed by atoms with van der Waals surface area (Å²) in [5.74, 6) is 2.25. The van der Waals surface area contributed by atoms with Gasteiger partial charge in [-0.25, -0.2) is 14.6 Å². The molecule has 1 aromatic carbocycles. The van der Waals surface area contributed by atoms with E-state index in [0.29, 0.717) is 38.0 Å². The summed E-state index contributed by atoms with van der Waals surface area (Å²) >= 11 is 0. The highest BCUT2D eigenvalue weighted by molar-refractivity contribution is 5.82. The molecule has 3 fully saturated rings. The number of aromatic nitrogens is 4. The van der Waals surface area contributed by atoms with Crippen LogP contribution in [0.5, 0.6) is 0 Å². The highest BCUT2D eigenvalue weighted by Gasteiger charge is 2.51. The predicted molar refractivity (Wildman–Crippen MR) is 122 cm³/mol. The average Bonchev–Trinajstić information content (AvgIpc) is 3.52. The van der Waals surface area contributed by atoms with Crippen LogP contribution in [0.25, 0.3) is 16.7 Å². The van der Waals surface area contributed by atoms with Crippen LogP contribution in [0.4, 0.5) is 5.82 Å². The Morgan fingerprint density at radius 2 is 2.00 bits per heavy atom. The van der Waals surface area contributed by atoms with E-state index in [1.54, 1.807) is 0 Å². The normalized spacial score (nSPS) is 29.3. The van der Waals surface area contributed by atoms with E-state index in [1.807, 2.05) is 23.9 Å². The molecule has 2 bridgehead atoms. The van der Waals surface area contributed by atoms with Crippen molar-refractivity contribution in [1.82, 2.24) is 19.7 Å². The molecule has 0 radical (unpaired) electrons. The second-order valence-electron chi connectivity index (χ2n) is 9.63. The number of rotatable bonds is 4. The van der Waals surface area contributed by atoms with Gasteiger partial charge in [0.15, 0.2) is 5.82 Å². The maximum atomic E-state index is 10.5. The zero-order valence-corrected chi connectivity index (χ0v) is 18.9. The largest absolute Gasteiger partial charge is 0.393 e. The Balaban J connectivity index is 1.41. The van der Waals surface area contributed by atoms with Crippen molar-refractivity contribution in [3.8, 4) is 5.82 Å². The molecule has 4 unspecified atom stereocenters. The molecule has 33 heavy (non-hydrogen) atoms. The maximum absolute atomic E-state index is 10.5. The minimum atomic E-state index is -0.508. The molecule has 0 spiro atoms. The standard InChI is InChI=1S/C24H29N5O4/c1-14-5-16-9-25-29(20(16)6-19(14)18-3-4-32-11-21(18)31)23-7-22(26-15(2)27-23)28-12-24(13-30)8-17(28)10-33-24/h5-7,9,17-18,21,30-31H,3-4,8,10-13H2,1-2H3. The van der Waals surface area contributed by atoms with Crippen molar-refractivity contribution in [2.75, 3.05) is 37.9 Å². The van der Waals surface area contributed by atoms with Gasteiger partial charge in [0.1, 0.15) is 17.2 Å². The molecule has 0 amide bonds. The van der Waals surface area contributed by atoms with Gasteiger partial charge in [0.05, 0.1) is 50.2 Å². The van der Waals surface area contributed by atoms with Crippen molar-refractivity contribution in [2.24, 2.45) is 0 Å². The smallest absolute Gasteiger partial charge is 0.159 e. The molecule has 4 atom stereocenters. The number of aliphatic hydroxyl groups is 2. The highest BCUT2D eigenvalue weighted by Crippen LogP contribution is 2.40. The van der Waals surface area contributed by atoms with Crippen LogP contribution in [0.2, 0.25) is 0 Å². The molecule has 3 aromatic rings. The van der Waals surface area contributed by atoms with Crippen molar-refractivity contribution < 1.29 is 19.7 Å². The molecule has 5 heterocycles. The lowest BCUT2D eigenvalue weighted by atomic mass is 9.86. The first-order valence-electron chi connectivity index (χ1n) is 11.6. The van der Waals surface area contributed by atoms with E-state index >= 15 is 0 Å². The van der Waals surface area contributed by atoms with E-state index in [0.717, 1.165) is 40.7 Å². The fraction of sp³-hybridized carbons (Fsp3) is 0.542. The molecule has 3 saturated heterocycles. The number of ether oxygens (including phenoxy) is 2. The lowest BCUT2D eigenvalue weighted by molar-refractivity contribution is -0.0375. The van der Waals surface area contributed by atoms with Crippen LogP contribution in [0.15, 0.2) is 24.4 Å². The molecule has 3 aliphatic rings. The maximum Gasteiger partial charge on any atom is 0.159 e. The number of hydrogen-bond acceptors (Lipinski definition) is 8. The summed E-state index contributed by atoms with van der Waals surface area (Å²) in [7, 11) is 0. The second-order valence-corrected chi connectivity index (χ2v) is 9.63. The quantitative estimate of drug-likeness (QED) is 0.617. The van der Waals surface area contributed by atoms with E-state index < -0.39 is 11.7 Å². The van der Waals surface area contributed by atoms with Crippen LogP contribution >= 0.6 is 0 Å². The van der Waals surface area contributed by atoms with E-state index in [9.17, 15) is 10.2 Å². The van der Waals surface area contributed by atoms with Crippen LogP contribution < -0.4 is 4.90 Å². The number of hydrogen-bond donors (Lipinski definition) is 2. The van der Waals surface area contributed by atoms with Gasteiger partial charge in [-0.15, -0.1) is 0 Å². The van der Waals surface area contributed by atoms with Gasteiger partial charge >= 0.3 is 0 Å². The number of fused-ring (bicyclic) bond motifs is 3. The first kappa shape index (κ1) is 21.0. The van der Waals surface area contributed by atoms with Gasteiger partial charge in [-0.3, -0.25) is 0 Å². The number of aryl methyl sites for hydroxylation is 2. The molecule has 9 nitrogen and oxygen atoms in total. The molecule has 174 valence electrons. The summed E-state index contributed by atoms with van der Waals surface area (Å²) < 4.78 is 13.1. The van der Waals surface area contributed by atoms with Crippen molar-refractivity contribution in [2.45, 2.75) is 50.4 Å². The predicted octanol–water partition coefficient (Wildman–Crippen LogP) is 1.64. The first-order chi connectivity index (χ1) is 16.0. The zero-order valence-electron chi connectivity index (χ0n) is 18.9. The van der Waals surface area contributed by atoms with Gasteiger partial charge < -0.3 is 24.6 Å². The fourth-order valence-electron chi connectivity index (χ4n) is 5.66. The molecule has 0 aliphatic carbocycles. The topological polar surface area (TPSA) is 106 Å². The Labute approximate surface area is 192 Å². The molecular formula is C24H29N5O4.